The molecule has 0 aromatic heterocycles. The molecular weight excluding hydrogens is 236 g/mol. The van der Waals surface area contributed by atoms with Crippen molar-refractivity contribution in [3.8, 4) is 5.75 Å². The standard InChI is InChI=1S/C17H26O2/c1-7-19-16-10-12(3)17(15(6)14(16)5)11(2)8-9-13(4)18/h10-11H,7-9H2,1-6H3. The van der Waals surface area contributed by atoms with Crippen molar-refractivity contribution >= 4 is 5.78 Å². The van der Waals surface area contributed by atoms with Crippen LogP contribution in [0.25, 0.3) is 0 Å². The summed E-state index contributed by atoms with van der Waals surface area (Å²) in [5, 5.41) is 0. The van der Waals surface area contributed by atoms with Crippen LogP contribution in [-0.2, 0) is 4.79 Å². The zero-order chi connectivity index (χ0) is 14.6. The molecule has 0 heterocycles. The Bertz CT molecular complexity index is 461. The SMILES string of the molecule is CCOc1cc(C)c(C(C)CCC(C)=O)c(C)c1C. The van der Waals surface area contributed by atoms with Gasteiger partial charge >= 0.3 is 0 Å². The van der Waals surface area contributed by atoms with Crippen LogP contribution in [0, 0.1) is 20.8 Å². The van der Waals surface area contributed by atoms with Crippen LogP contribution in [0.15, 0.2) is 6.07 Å². The molecule has 0 amide bonds. The smallest absolute Gasteiger partial charge is 0.129 e. The predicted octanol–water partition coefficient (Wildman–Crippen LogP) is 4.48. The normalized spacial score (nSPS) is 12.3. The molecule has 0 saturated heterocycles. The molecule has 1 atom stereocenters. The average Bonchev–Trinajstić information content (AvgIpc) is 2.33. The number of hydrogen-bond acceptors (Lipinski definition) is 2. The van der Waals surface area contributed by atoms with Gasteiger partial charge in [-0.3, -0.25) is 0 Å². The quantitative estimate of drug-likeness (QED) is 0.755. The molecule has 1 aromatic rings. The highest BCUT2D eigenvalue weighted by Crippen LogP contribution is 2.34. The van der Waals surface area contributed by atoms with E-state index in [1.165, 1.54) is 22.3 Å². The molecule has 0 saturated carbocycles. The fraction of sp³-hybridized carbons (Fsp3) is 0.588. The minimum absolute atomic E-state index is 0.268. The van der Waals surface area contributed by atoms with Gasteiger partial charge in [-0.1, -0.05) is 6.92 Å². The number of ether oxygens (including phenoxy) is 1. The van der Waals surface area contributed by atoms with Crippen molar-refractivity contribution in [2.75, 3.05) is 6.61 Å². The van der Waals surface area contributed by atoms with Crippen LogP contribution in [0.3, 0.4) is 0 Å². The fourth-order valence-electron chi connectivity index (χ4n) is 2.69. The van der Waals surface area contributed by atoms with Crippen molar-refractivity contribution in [3.05, 3.63) is 28.3 Å². The van der Waals surface area contributed by atoms with Crippen LogP contribution in [0.1, 0.15) is 61.8 Å². The van der Waals surface area contributed by atoms with Gasteiger partial charge in [0.2, 0.25) is 0 Å². The van der Waals surface area contributed by atoms with Crippen molar-refractivity contribution in [1.82, 2.24) is 0 Å². The Morgan fingerprint density at radius 3 is 2.42 bits per heavy atom. The second-order valence-electron chi connectivity index (χ2n) is 5.43. The van der Waals surface area contributed by atoms with Crippen LogP contribution in [0.2, 0.25) is 0 Å². The zero-order valence-electron chi connectivity index (χ0n) is 13.1. The van der Waals surface area contributed by atoms with Gasteiger partial charge in [0.15, 0.2) is 0 Å². The fourth-order valence-corrected chi connectivity index (χ4v) is 2.69. The Morgan fingerprint density at radius 2 is 1.89 bits per heavy atom. The summed E-state index contributed by atoms with van der Waals surface area (Å²) in [6.45, 7) is 13.0. The molecule has 19 heavy (non-hydrogen) atoms. The lowest BCUT2D eigenvalue weighted by Crippen LogP contribution is -2.06. The molecule has 1 rings (SSSR count). The lowest BCUT2D eigenvalue weighted by atomic mass is 9.86. The molecule has 0 radical (unpaired) electrons. The third kappa shape index (κ3) is 3.82. The number of rotatable bonds is 6. The van der Waals surface area contributed by atoms with E-state index in [-0.39, 0.29) is 5.78 Å². The summed E-state index contributed by atoms with van der Waals surface area (Å²) in [6.07, 6.45) is 1.58. The van der Waals surface area contributed by atoms with E-state index >= 15 is 0 Å². The first kappa shape index (κ1) is 15.7. The van der Waals surface area contributed by atoms with E-state index in [9.17, 15) is 4.79 Å². The molecule has 0 N–H and O–H groups in total. The Balaban J connectivity index is 3.07. The van der Waals surface area contributed by atoms with Crippen LogP contribution < -0.4 is 4.74 Å². The largest absolute Gasteiger partial charge is 0.494 e. The summed E-state index contributed by atoms with van der Waals surface area (Å²) in [5.74, 6) is 1.67. The molecule has 1 aromatic carbocycles. The molecule has 2 nitrogen and oxygen atoms in total. The van der Waals surface area contributed by atoms with Gasteiger partial charge in [-0.2, -0.15) is 0 Å². The summed E-state index contributed by atoms with van der Waals surface area (Å²) in [7, 11) is 0. The van der Waals surface area contributed by atoms with Gasteiger partial charge in [0.1, 0.15) is 11.5 Å². The highest BCUT2D eigenvalue weighted by molar-refractivity contribution is 5.75. The number of carbonyl (C=O) groups is 1. The minimum Gasteiger partial charge on any atom is -0.494 e. The summed E-state index contributed by atoms with van der Waals surface area (Å²) in [5.41, 5.74) is 5.17. The van der Waals surface area contributed by atoms with E-state index in [4.69, 9.17) is 4.74 Å². The first-order valence-electron chi connectivity index (χ1n) is 7.11. The van der Waals surface area contributed by atoms with E-state index in [1.807, 2.05) is 6.92 Å². The van der Waals surface area contributed by atoms with Crippen LogP contribution in [0.4, 0.5) is 0 Å². The summed E-state index contributed by atoms with van der Waals surface area (Å²) in [6, 6.07) is 2.13. The van der Waals surface area contributed by atoms with Gasteiger partial charge in [0.25, 0.3) is 0 Å². The highest BCUT2D eigenvalue weighted by atomic mass is 16.5. The monoisotopic (exact) mass is 262 g/mol. The Hall–Kier alpha value is -1.31. The minimum atomic E-state index is 0.268. The molecule has 0 aliphatic rings. The molecule has 0 fully saturated rings. The van der Waals surface area contributed by atoms with E-state index in [0.29, 0.717) is 18.9 Å². The van der Waals surface area contributed by atoms with Gasteiger partial charge in [-0.15, -0.1) is 0 Å². The third-order valence-electron chi connectivity index (χ3n) is 3.83. The van der Waals surface area contributed by atoms with Gasteiger partial charge < -0.3 is 9.53 Å². The van der Waals surface area contributed by atoms with Gasteiger partial charge in [-0.05, 0) is 75.3 Å². The number of benzene rings is 1. The van der Waals surface area contributed by atoms with Gasteiger partial charge in [0, 0.05) is 6.42 Å². The number of hydrogen-bond donors (Lipinski definition) is 0. The van der Waals surface area contributed by atoms with Crippen molar-refractivity contribution in [2.24, 2.45) is 0 Å². The summed E-state index contributed by atoms with van der Waals surface area (Å²) in [4.78, 5) is 11.1. The number of ketones is 1. The molecule has 1 unspecified atom stereocenters. The van der Waals surface area contributed by atoms with Crippen molar-refractivity contribution < 1.29 is 9.53 Å². The van der Waals surface area contributed by atoms with E-state index in [2.05, 4.69) is 33.8 Å². The lowest BCUT2D eigenvalue weighted by molar-refractivity contribution is -0.117. The maximum absolute atomic E-state index is 11.1. The molecular formula is C17H26O2. The molecule has 106 valence electrons. The first-order valence-corrected chi connectivity index (χ1v) is 7.11. The van der Waals surface area contributed by atoms with Gasteiger partial charge in [0.05, 0.1) is 6.61 Å². The van der Waals surface area contributed by atoms with E-state index in [0.717, 1.165) is 12.2 Å². The number of carbonyl (C=O) groups excluding carboxylic acids is 1. The average molecular weight is 262 g/mol. The summed E-state index contributed by atoms with van der Waals surface area (Å²) < 4.78 is 5.68. The Morgan fingerprint density at radius 1 is 1.26 bits per heavy atom. The number of aryl methyl sites for hydroxylation is 1. The number of Topliss-reactive ketones (excluding diaryl/α,β-unsaturated/α-hetero) is 1. The topological polar surface area (TPSA) is 26.3 Å². The Kier molecular flexibility index (Phi) is 5.59. The second-order valence-corrected chi connectivity index (χ2v) is 5.43. The molecule has 2 heteroatoms. The molecule has 0 aliphatic carbocycles. The summed E-state index contributed by atoms with van der Waals surface area (Å²) >= 11 is 0. The van der Waals surface area contributed by atoms with Gasteiger partial charge in [-0.25, -0.2) is 0 Å². The second kappa shape index (κ2) is 6.74. The molecule has 0 spiro atoms. The van der Waals surface area contributed by atoms with Crippen molar-refractivity contribution in [3.63, 3.8) is 0 Å². The zero-order valence-corrected chi connectivity index (χ0v) is 13.1. The maximum atomic E-state index is 11.1. The lowest BCUT2D eigenvalue weighted by Gasteiger charge is -2.21. The third-order valence-corrected chi connectivity index (χ3v) is 3.83. The first-order chi connectivity index (χ1) is 8.88. The van der Waals surface area contributed by atoms with Crippen LogP contribution in [-0.4, -0.2) is 12.4 Å². The highest BCUT2D eigenvalue weighted by Gasteiger charge is 2.16. The predicted molar refractivity (Wildman–Crippen MR) is 80.2 cm³/mol. The maximum Gasteiger partial charge on any atom is 0.129 e. The van der Waals surface area contributed by atoms with E-state index in [1.54, 1.807) is 6.92 Å². The van der Waals surface area contributed by atoms with Crippen LogP contribution in [0.5, 0.6) is 5.75 Å². The van der Waals surface area contributed by atoms with E-state index < -0.39 is 0 Å². The van der Waals surface area contributed by atoms with Crippen molar-refractivity contribution in [1.29, 1.82) is 0 Å². The Labute approximate surface area is 117 Å². The molecule has 0 bridgehead atoms. The van der Waals surface area contributed by atoms with Crippen molar-refractivity contribution in [2.45, 2.75) is 60.3 Å². The molecule has 0 aliphatic heterocycles. The van der Waals surface area contributed by atoms with Crippen LogP contribution >= 0.6 is 0 Å².